The quantitative estimate of drug-likeness (QED) is 0.889. The molecule has 5 heteroatoms. The van der Waals surface area contributed by atoms with Crippen molar-refractivity contribution in [3.8, 4) is 0 Å². The standard InChI is InChI=1S/C18H19FN2O2/c1-11-7-8-13(10-16(11)19)9-14-5-3-4-6-15(14)18(23)21-12(2)17(20)22/h3-8,10,12H,9H2,1-2H3,(H2,20,22)(H,21,23)/t12-/m0/s1. The maximum absolute atomic E-state index is 13.7. The molecule has 0 spiro atoms. The summed E-state index contributed by atoms with van der Waals surface area (Å²) in [4.78, 5) is 23.4. The van der Waals surface area contributed by atoms with Crippen molar-refractivity contribution in [3.63, 3.8) is 0 Å². The number of nitrogens with one attached hydrogen (secondary N) is 1. The summed E-state index contributed by atoms with van der Waals surface area (Å²) in [5, 5.41) is 2.55. The van der Waals surface area contributed by atoms with Crippen molar-refractivity contribution in [1.82, 2.24) is 5.32 Å². The number of carbonyl (C=O) groups excluding carboxylic acids is 2. The highest BCUT2D eigenvalue weighted by molar-refractivity contribution is 5.98. The Bertz CT molecular complexity index is 744. The summed E-state index contributed by atoms with van der Waals surface area (Å²) in [7, 11) is 0. The first-order valence-corrected chi connectivity index (χ1v) is 7.31. The Morgan fingerprint density at radius 2 is 1.91 bits per heavy atom. The molecule has 0 unspecified atom stereocenters. The first-order valence-electron chi connectivity index (χ1n) is 7.31. The van der Waals surface area contributed by atoms with Crippen molar-refractivity contribution in [2.75, 3.05) is 0 Å². The smallest absolute Gasteiger partial charge is 0.252 e. The molecule has 1 atom stereocenters. The third-order valence-electron chi connectivity index (χ3n) is 3.67. The molecular formula is C18H19FN2O2. The van der Waals surface area contributed by atoms with E-state index in [1.807, 2.05) is 18.2 Å². The molecule has 0 aromatic heterocycles. The van der Waals surface area contributed by atoms with Crippen molar-refractivity contribution in [3.05, 3.63) is 70.5 Å². The number of benzene rings is 2. The van der Waals surface area contributed by atoms with Crippen LogP contribution in [-0.4, -0.2) is 17.9 Å². The van der Waals surface area contributed by atoms with Crippen LogP contribution >= 0.6 is 0 Å². The van der Waals surface area contributed by atoms with Crippen LogP contribution in [0.15, 0.2) is 42.5 Å². The van der Waals surface area contributed by atoms with Gasteiger partial charge < -0.3 is 11.1 Å². The maximum atomic E-state index is 13.7. The van der Waals surface area contributed by atoms with E-state index in [0.717, 1.165) is 11.1 Å². The second-order valence-corrected chi connectivity index (χ2v) is 5.51. The Morgan fingerprint density at radius 3 is 2.57 bits per heavy atom. The Morgan fingerprint density at radius 1 is 1.22 bits per heavy atom. The first-order chi connectivity index (χ1) is 10.9. The zero-order valence-corrected chi connectivity index (χ0v) is 13.1. The van der Waals surface area contributed by atoms with E-state index in [4.69, 9.17) is 5.73 Å². The average molecular weight is 314 g/mol. The van der Waals surface area contributed by atoms with Gasteiger partial charge in [0, 0.05) is 5.56 Å². The fraction of sp³-hybridized carbons (Fsp3) is 0.222. The molecular weight excluding hydrogens is 295 g/mol. The summed E-state index contributed by atoms with van der Waals surface area (Å²) < 4.78 is 13.7. The van der Waals surface area contributed by atoms with Gasteiger partial charge in [-0.2, -0.15) is 0 Å². The predicted octanol–water partition coefficient (Wildman–Crippen LogP) is 2.33. The topological polar surface area (TPSA) is 72.2 Å². The van der Waals surface area contributed by atoms with Crippen LogP contribution in [0.2, 0.25) is 0 Å². The number of primary amides is 1. The lowest BCUT2D eigenvalue weighted by Crippen LogP contribution is -2.42. The Balaban J connectivity index is 2.24. The Labute approximate surface area is 134 Å². The minimum absolute atomic E-state index is 0.271. The molecule has 2 rings (SSSR count). The van der Waals surface area contributed by atoms with Gasteiger partial charge in [-0.1, -0.05) is 30.3 Å². The number of rotatable bonds is 5. The molecule has 0 aliphatic carbocycles. The second-order valence-electron chi connectivity index (χ2n) is 5.51. The van der Waals surface area contributed by atoms with Gasteiger partial charge in [0.25, 0.3) is 5.91 Å². The molecule has 0 aliphatic rings. The summed E-state index contributed by atoms with van der Waals surface area (Å²) in [6, 6.07) is 11.3. The van der Waals surface area contributed by atoms with Gasteiger partial charge in [0.1, 0.15) is 11.9 Å². The number of carbonyl (C=O) groups is 2. The van der Waals surface area contributed by atoms with E-state index >= 15 is 0 Å². The monoisotopic (exact) mass is 314 g/mol. The van der Waals surface area contributed by atoms with Crippen LogP contribution in [0.3, 0.4) is 0 Å². The van der Waals surface area contributed by atoms with Crippen molar-refractivity contribution >= 4 is 11.8 Å². The molecule has 0 saturated carbocycles. The highest BCUT2D eigenvalue weighted by Gasteiger charge is 2.16. The molecule has 0 heterocycles. The SMILES string of the molecule is Cc1ccc(Cc2ccccc2C(=O)N[C@@H](C)C(N)=O)cc1F. The minimum Gasteiger partial charge on any atom is -0.368 e. The third-order valence-corrected chi connectivity index (χ3v) is 3.67. The average Bonchev–Trinajstić information content (AvgIpc) is 2.51. The van der Waals surface area contributed by atoms with Gasteiger partial charge in [-0.05, 0) is 49.1 Å². The maximum Gasteiger partial charge on any atom is 0.252 e. The van der Waals surface area contributed by atoms with Crippen LogP contribution in [0, 0.1) is 12.7 Å². The highest BCUT2D eigenvalue weighted by Crippen LogP contribution is 2.17. The number of aryl methyl sites for hydroxylation is 1. The molecule has 4 nitrogen and oxygen atoms in total. The number of nitrogens with two attached hydrogens (primary N) is 1. The molecule has 2 aromatic carbocycles. The Kier molecular flexibility index (Phi) is 5.11. The number of amides is 2. The van der Waals surface area contributed by atoms with E-state index in [9.17, 15) is 14.0 Å². The van der Waals surface area contributed by atoms with Gasteiger partial charge in [-0.15, -0.1) is 0 Å². The van der Waals surface area contributed by atoms with Crippen LogP contribution in [0.1, 0.15) is 34.0 Å². The molecule has 0 bridgehead atoms. The first kappa shape index (κ1) is 16.7. The predicted molar refractivity (Wildman–Crippen MR) is 86.5 cm³/mol. The lowest BCUT2D eigenvalue weighted by atomic mass is 9.98. The van der Waals surface area contributed by atoms with Crippen LogP contribution in [0.5, 0.6) is 0 Å². The molecule has 0 saturated heterocycles. The van der Waals surface area contributed by atoms with E-state index in [-0.39, 0.29) is 11.7 Å². The fourth-order valence-electron chi connectivity index (χ4n) is 2.21. The van der Waals surface area contributed by atoms with Gasteiger partial charge >= 0.3 is 0 Å². The molecule has 23 heavy (non-hydrogen) atoms. The molecule has 0 aliphatic heterocycles. The number of hydrogen-bond donors (Lipinski definition) is 2. The van der Waals surface area contributed by atoms with Crippen molar-refractivity contribution in [2.24, 2.45) is 5.73 Å². The van der Waals surface area contributed by atoms with Gasteiger partial charge in [0.05, 0.1) is 0 Å². The summed E-state index contributed by atoms with van der Waals surface area (Å²) in [6.45, 7) is 3.23. The molecule has 2 aromatic rings. The van der Waals surface area contributed by atoms with E-state index in [0.29, 0.717) is 17.5 Å². The van der Waals surface area contributed by atoms with Crippen LogP contribution in [-0.2, 0) is 11.2 Å². The van der Waals surface area contributed by atoms with Gasteiger partial charge in [-0.25, -0.2) is 4.39 Å². The van der Waals surface area contributed by atoms with Crippen LogP contribution < -0.4 is 11.1 Å². The van der Waals surface area contributed by atoms with Crippen molar-refractivity contribution in [2.45, 2.75) is 26.3 Å². The summed E-state index contributed by atoms with van der Waals surface area (Å²) in [5.74, 6) is -1.25. The molecule has 0 radical (unpaired) electrons. The highest BCUT2D eigenvalue weighted by atomic mass is 19.1. The van der Waals surface area contributed by atoms with Gasteiger partial charge in [0.15, 0.2) is 0 Å². The summed E-state index contributed by atoms with van der Waals surface area (Å²) in [6.07, 6.45) is 0.422. The Hall–Kier alpha value is -2.69. The summed E-state index contributed by atoms with van der Waals surface area (Å²) >= 11 is 0. The van der Waals surface area contributed by atoms with E-state index in [2.05, 4.69) is 5.32 Å². The number of halogens is 1. The molecule has 3 N–H and O–H groups in total. The zero-order valence-electron chi connectivity index (χ0n) is 13.1. The van der Waals surface area contributed by atoms with Crippen molar-refractivity contribution < 1.29 is 14.0 Å². The van der Waals surface area contributed by atoms with Crippen molar-refractivity contribution in [1.29, 1.82) is 0 Å². The lowest BCUT2D eigenvalue weighted by molar-refractivity contribution is -0.119. The number of hydrogen-bond acceptors (Lipinski definition) is 2. The summed E-state index contributed by atoms with van der Waals surface area (Å²) in [5.41, 5.74) is 7.71. The largest absolute Gasteiger partial charge is 0.368 e. The third kappa shape index (κ3) is 4.16. The zero-order chi connectivity index (χ0) is 17.0. The second kappa shape index (κ2) is 7.05. The van der Waals surface area contributed by atoms with Crippen LogP contribution in [0.4, 0.5) is 4.39 Å². The van der Waals surface area contributed by atoms with E-state index < -0.39 is 11.9 Å². The fourth-order valence-corrected chi connectivity index (χ4v) is 2.21. The van der Waals surface area contributed by atoms with Gasteiger partial charge in [-0.3, -0.25) is 9.59 Å². The lowest BCUT2D eigenvalue weighted by Gasteiger charge is -2.13. The molecule has 120 valence electrons. The minimum atomic E-state index is -0.757. The molecule has 0 fully saturated rings. The van der Waals surface area contributed by atoms with E-state index in [1.54, 1.807) is 25.1 Å². The van der Waals surface area contributed by atoms with Gasteiger partial charge in [0.2, 0.25) is 5.91 Å². The van der Waals surface area contributed by atoms with Crippen LogP contribution in [0.25, 0.3) is 0 Å². The molecule has 2 amide bonds. The normalized spacial score (nSPS) is 11.8. The van der Waals surface area contributed by atoms with E-state index in [1.165, 1.54) is 13.0 Å².